The fourth-order valence-electron chi connectivity index (χ4n) is 3.87. The van der Waals surface area contributed by atoms with E-state index >= 15 is 0 Å². The van der Waals surface area contributed by atoms with Crippen molar-refractivity contribution in [2.24, 2.45) is 4.99 Å². The van der Waals surface area contributed by atoms with E-state index in [0.717, 1.165) is 64.6 Å². The number of amides is 1. The summed E-state index contributed by atoms with van der Waals surface area (Å²) in [6, 6.07) is 3.53. The lowest BCUT2D eigenvalue weighted by Gasteiger charge is -2.37. The van der Waals surface area contributed by atoms with E-state index in [2.05, 4.69) is 20.1 Å². The Labute approximate surface area is 173 Å². The van der Waals surface area contributed by atoms with Gasteiger partial charge in [0.25, 0.3) is 0 Å². The van der Waals surface area contributed by atoms with E-state index in [1.165, 1.54) is 6.42 Å². The zero-order chi connectivity index (χ0) is 20.7. The summed E-state index contributed by atoms with van der Waals surface area (Å²) in [5, 5.41) is 14.0. The number of likely N-dealkylation sites (tertiary alicyclic amines) is 1. The topological polar surface area (TPSA) is 84.5 Å². The molecule has 0 radical (unpaired) electrons. The highest BCUT2D eigenvalue weighted by molar-refractivity contribution is 5.80. The Bertz CT molecular complexity index is 660. The van der Waals surface area contributed by atoms with Crippen LogP contribution in [0.4, 0.5) is 0 Å². The molecule has 29 heavy (non-hydrogen) atoms. The van der Waals surface area contributed by atoms with E-state index in [9.17, 15) is 9.90 Å². The Balaban J connectivity index is 1.52. The molecule has 1 amide bonds. The zero-order valence-corrected chi connectivity index (χ0v) is 17.8. The third-order valence-corrected chi connectivity index (χ3v) is 5.66. The van der Waals surface area contributed by atoms with Crippen LogP contribution in [0.1, 0.15) is 38.9 Å². The standard InChI is InChI=1S/C21H35N5O3/c1-3-22-20(23-17-21(2,28)18-8-7-15-29-18)26-13-11-24(12-14-26)16-19(27)25-9-5-4-6-10-25/h7-8,15,28H,3-6,9-14,16-17H2,1-2H3,(H,22,23). The molecule has 2 N–H and O–H groups in total. The molecule has 1 aromatic heterocycles. The van der Waals surface area contributed by atoms with Crippen LogP contribution in [-0.4, -0.2) is 90.6 Å². The molecule has 2 fully saturated rings. The van der Waals surface area contributed by atoms with Crippen LogP contribution in [0.3, 0.4) is 0 Å². The number of nitrogens with one attached hydrogen (secondary N) is 1. The first kappa shape index (κ1) is 21.6. The molecule has 8 nitrogen and oxygen atoms in total. The summed E-state index contributed by atoms with van der Waals surface area (Å²) in [6.45, 7) is 10.3. The van der Waals surface area contributed by atoms with Gasteiger partial charge in [-0.1, -0.05) is 0 Å². The molecule has 162 valence electrons. The van der Waals surface area contributed by atoms with Gasteiger partial charge in [0.2, 0.25) is 5.91 Å². The molecule has 0 saturated carbocycles. The van der Waals surface area contributed by atoms with Crippen LogP contribution in [0.5, 0.6) is 0 Å². The van der Waals surface area contributed by atoms with Crippen molar-refractivity contribution in [1.82, 2.24) is 20.0 Å². The third kappa shape index (κ3) is 5.96. The molecule has 2 aliphatic heterocycles. The van der Waals surface area contributed by atoms with Crippen molar-refractivity contribution in [2.45, 2.75) is 38.7 Å². The maximum atomic E-state index is 12.5. The lowest BCUT2D eigenvalue weighted by molar-refractivity contribution is -0.133. The zero-order valence-electron chi connectivity index (χ0n) is 17.8. The molecular weight excluding hydrogens is 370 g/mol. The maximum absolute atomic E-state index is 12.5. The number of aliphatic hydroxyl groups is 1. The number of rotatable bonds is 6. The first-order chi connectivity index (χ1) is 14.0. The number of nitrogens with zero attached hydrogens (tertiary/aromatic N) is 4. The Hall–Kier alpha value is -2.06. The highest BCUT2D eigenvalue weighted by Gasteiger charge is 2.28. The number of hydrogen-bond acceptors (Lipinski definition) is 5. The van der Waals surface area contributed by atoms with Crippen LogP contribution < -0.4 is 5.32 Å². The third-order valence-electron chi connectivity index (χ3n) is 5.66. The van der Waals surface area contributed by atoms with E-state index in [1.807, 2.05) is 11.8 Å². The minimum Gasteiger partial charge on any atom is -0.466 e. The Morgan fingerprint density at radius 2 is 1.90 bits per heavy atom. The molecule has 1 aromatic rings. The smallest absolute Gasteiger partial charge is 0.236 e. The van der Waals surface area contributed by atoms with Gasteiger partial charge in [0.05, 0.1) is 19.4 Å². The van der Waals surface area contributed by atoms with Crippen LogP contribution in [0, 0.1) is 0 Å². The number of guanidine groups is 1. The number of aliphatic imine (C=N–C) groups is 1. The van der Waals surface area contributed by atoms with Gasteiger partial charge < -0.3 is 24.6 Å². The van der Waals surface area contributed by atoms with Gasteiger partial charge in [0.1, 0.15) is 11.4 Å². The van der Waals surface area contributed by atoms with Crippen molar-refractivity contribution in [3.63, 3.8) is 0 Å². The highest BCUT2D eigenvalue weighted by atomic mass is 16.4. The van der Waals surface area contributed by atoms with Crippen molar-refractivity contribution in [3.05, 3.63) is 24.2 Å². The van der Waals surface area contributed by atoms with Crippen LogP contribution in [0.25, 0.3) is 0 Å². The summed E-state index contributed by atoms with van der Waals surface area (Å²) in [4.78, 5) is 23.6. The molecule has 0 spiro atoms. The van der Waals surface area contributed by atoms with Gasteiger partial charge in [-0.2, -0.15) is 0 Å². The molecule has 0 aromatic carbocycles. The Kier molecular flexibility index (Phi) is 7.55. The first-order valence-corrected chi connectivity index (χ1v) is 10.8. The van der Waals surface area contributed by atoms with Crippen LogP contribution >= 0.6 is 0 Å². The molecule has 0 bridgehead atoms. The molecule has 2 saturated heterocycles. The molecule has 0 aliphatic carbocycles. The quantitative estimate of drug-likeness (QED) is 0.544. The van der Waals surface area contributed by atoms with Gasteiger partial charge >= 0.3 is 0 Å². The second kappa shape index (κ2) is 10.1. The number of carbonyl (C=O) groups excluding carboxylic acids is 1. The van der Waals surface area contributed by atoms with Crippen LogP contribution in [0.2, 0.25) is 0 Å². The van der Waals surface area contributed by atoms with Crippen LogP contribution in [0.15, 0.2) is 27.8 Å². The SMILES string of the molecule is CCNC(=NCC(C)(O)c1ccco1)N1CCN(CC(=O)N2CCCCC2)CC1. The van der Waals surface area contributed by atoms with Crippen molar-refractivity contribution < 1.29 is 14.3 Å². The first-order valence-electron chi connectivity index (χ1n) is 10.8. The number of piperidine rings is 1. The lowest BCUT2D eigenvalue weighted by atomic mass is 10.0. The van der Waals surface area contributed by atoms with Gasteiger partial charge in [-0.15, -0.1) is 0 Å². The second-order valence-electron chi connectivity index (χ2n) is 8.13. The molecule has 3 heterocycles. The average molecular weight is 406 g/mol. The average Bonchev–Trinajstić information content (AvgIpc) is 3.28. The van der Waals surface area contributed by atoms with Crippen molar-refractivity contribution in [3.8, 4) is 0 Å². The molecular formula is C21H35N5O3. The summed E-state index contributed by atoms with van der Waals surface area (Å²) in [5.74, 6) is 1.56. The summed E-state index contributed by atoms with van der Waals surface area (Å²) in [6.07, 6.45) is 5.05. The predicted molar refractivity (Wildman–Crippen MR) is 113 cm³/mol. The summed E-state index contributed by atoms with van der Waals surface area (Å²) < 4.78 is 5.34. The number of carbonyl (C=O) groups is 1. The van der Waals surface area contributed by atoms with Gasteiger partial charge in [-0.3, -0.25) is 9.69 Å². The van der Waals surface area contributed by atoms with Gasteiger partial charge in [0, 0.05) is 45.8 Å². The predicted octanol–water partition coefficient (Wildman–Crippen LogP) is 1.08. The largest absolute Gasteiger partial charge is 0.466 e. The number of hydrogen-bond donors (Lipinski definition) is 2. The minimum atomic E-state index is -1.15. The number of furan rings is 1. The molecule has 8 heteroatoms. The highest BCUT2D eigenvalue weighted by Crippen LogP contribution is 2.21. The van der Waals surface area contributed by atoms with Crippen molar-refractivity contribution in [1.29, 1.82) is 0 Å². The molecule has 1 atom stereocenters. The van der Waals surface area contributed by atoms with Crippen molar-refractivity contribution >= 4 is 11.9 Å². The van der Waals surface area contributed by atoms with Crippen molar-refractivity contribution in [2.75, 3.05) is 58.9 Å². The second-order valence-corrected chi connectivity index (χ2v) is 8.13. The summed E-state index contributed by atoms with van der Waals surface area (Å²) in [5.41, 5.74) is -1.15. The summed E-state index contributed by atoms with van der Waals surface area (Å²) >= 11 is 0. The van der Waals surface area contributed by atoms with Gasteiger partial charge in [-0.05, 0) is 45.2 Å². The van der Waals surface area contributed by atoms with E-state index in [4.69, 9.17) is 4.42 Å². The Morgan fingerprint density at radius 3 is 2.52 bits per heavy atom. The molecule has 1 unspecified atom stereocenters. The monoisotopic (exact) mass is 405 g/mol. The van der Waals surface area contributed by atoms with Crippen LogP contribution in [-0.2, 0) is 10.4 Å². The van der Waals surface area contributed by atoms with E-state index < -0.39 is 5.60 Å². The molecule has 2 aliphatic rings. The van der Waals surface area contributed by atoms with E-state index in [0.29, 0.717) is 12.3 Å². The van der Waals surface area contributed by atoms with E-state index in [-0.39, 0.29) is 12.5 Å². The minimum absolute atomic E-state index is 0.219. The fourth-order valence-corrected chi connectivity index (χ4v) is 3.87. The lowest BCUT2D eigenvalue weighted by Crippen LogP contribution is -2.54. The maximum Gasteiger partial charge on any atom is 0.236 e. The normalized spacial score (nSPS) is 21.1. The Morgan fingerprint density at radius 1 is 1.17 bits per heavy atom. The number of piperazine rings is 1. The van der Waals surface area contributed by atoms with Gasteiger partial charge in [-0.25, -0.2) is 4.99 Å². The fraction of sp³-hybridized carbons (Fsp3) is 0.714. The van der Waals surface area contributed by atoms with E-state index in [1.54, 1.807) is 25.3 Å². The summed E-state index contributed by atoms with van der Waals surface area (Å²) in [7, 11) is 0. The molecule has 3 rings (SSSR count). The van der Waals surface area contributed by atoms with Gasteiger partial charge in [0.15, 0.2) is 5.96 Å².